The van der Waals surface area contributed by atoms with E-state index in [1.807, 2.05) is 11.2 Å². The number of piperazine rings is 1. The maximum atomic E-state index is 11.7. The number of thioether (sulfide) groups is 1. The predicted octanol–water partition coefficient (Wildman–Crippen LogP) is 0.265. The molecule has 0 saturated carbocycles. The molecular formula is C11H22N2O2S. The van der Waals surface area contributed by atoms with E-state index in [4.69, 9.17) is 0 Å². The fourth-order valence-electron chi connectivity index (χ4n) is 1.90. The van der Waals surface area contributed by atoms with Crippen molar-refractivity contribution in [2.75, 3.05) is 44.7 Å². The van der Waals surface area contributed by atoms with Gasteiger partial charge in [-0.25, -0.2) is 0 Å². The molecule has 94 valence electrons. The number of amides is 1. The third kappa shape index (κ3) is 4.72. The monoisotopic (exact) mass is 246 g/mol. The Morgan fingerprint density at radius 1 is 1.38 bits per heavy atom. The van der Waals surface area contributed by atoms with Crippen LogP contribution < -0.4 is 0 Å². The van der Waals surface area contributed by atoms with Gasteiger partial charge in [0.1, 0.15) is 0 Å². The second kappa shape index (κ2) is 7.14. The van der Waals surface area contributed by atoms with Crippen LogP contribution in [0.3, 0.4) is 0 Å². The molecule has 0 radical (unpaired) electrons. The third-order valence-electron chi connectivity index (χ3n) is 2.77. The highest BCUT2D eigenvalue weighted by molar-refractivity contribution is 7.98. The van der Waals surface area contributed by atoms with Gasteiger partial charge in [-0.1, -0.05) is 0 Å². The molecule has 1 N–H and O–H groups in total. The minimum atomic E-state index is -0.279. The van der Waals surface area contributed by atoms with Gasteiger partial charge < -0.3 is 10.0 Å². The van der Waals surface area contributed by atoms with Crippen LogP contribution in [0.5, 0.6) is 0 Å². The smallest absolute Gasteiger partial charge is 0.223 e. The average molecular weight is 246 g/mol. The summed E-state index contributed by atoms with van der Waals surface area (Å²) in [4.78, 5) is 15.9. The summed E-state index contributed by atoms with van der Waals surface area (Å²) in [6, 6.07) is 0. The predicted molar refractivity (Wildman–Crippen MR) is 67.7 cm³/mol. The van der Waals surface area contributed by atoms with Gasteiger partial charge in [0.05, 0.1) is 6.10 Å². The first kappa shape index (κ1) is 13.8. The Hall–Kier alpha value is -0.260. The maximum Gasteiger partial charge on any atom is 0.223 e. The molecule has 0 aromatic carbocycles. The molecule has 1 amide bonds. The number of β-amino-alcohol motifs (C(OH)–C–C–N with tert-alkyl or cyclic N) is 1. The quantitative estimate of drug-likeness (QED) is 0.756. The van der Waals surface area contributed by atoms with Gasteiger partial charge in [-0.15, -0.1) is 0 Å². The first-order valence-electron chi connectivity index (χ1n) is 5.80. The minimum Gasteiger partial charge on any atom is -0.392 e. The van der Waals surface area contributed by atoms with Crippen molar-refractivity contribution < 1.29 is 9.90 Å². The van der Waals surface area contributed by atoms with E-state index in [1.165, 1.54) is 0 Å². The van der Waals surface area contributed by atoms with Crippen molar-refractivity contribution in [1.29, 1.82) is 0 Å². The first-order chi connectivity index (χ1) is 7.63. The highest BCUT2D eigenvalue weighted by atomic mass is 32.2. The molecule has 1 aliphatic heterocycles. The molecule has 0 spiro atoms. The highest BCUT2D eigenvalue weighted by Gasteiger charge is 2.20. The van der Waals surface area contributed by atoms with Crippen molar-refractivity contribution >= 4 is 17.7 Å². The summed E-state index contributed by atoms with van der Waals surface area (Å²) in [6.07, 6.45) is 2.39. The van der Waals surface area contributed by atoms with Crippen molar-refractivity contribution in [3.63, 3.8) is 0 Å². The summed E-state index contributed by atoms with van der Waals surface area (Å²) in [5.74, 6) is 1.18. The topological polar surface area (TPSA) is 43.8 Å². The summed E-state index contributed by atoms with van der Waals surface area (Å²) in [5.41, 5.74) is 0. The summed E-state index contributed by atoms with van der Waals surface area (Å²) in [6.45, 7) is 5.90. The van der Waals surface area contributed by atoms with Gasteiger partial charge in [-0.2, -0.15) is 11.8 Å². The SMILES string of the molecule is CSCCC(=O)N1CCN(C[C@H](C)O)CC1. The molecule has 1 saturated heterocycles. The zero-order chi connectivity index (χ0) is 12.0. The lowest BCUT2D eigenvalue weighted by molar-refractivity contribution is -0.132. The molecule has 0 aromatic heterocycles. The number of hydrogen-bond donors (Lipinski definition) is 1. The summed E-state index contributed by atoms with van der Waals surface area (Å²) in [7, 11) is 0. The van der Waals surface area contributed by atoms with Crippen molar-refractivity contribution in [3.8, 4) is 0 Å². The second-order valence-electron chi connectivity index (χ2n) is 4.27. The number of rotatable bonds is 5. The van der Waals surface area contributed by atoms with Crippen LogP contribution in [-0.2, 0) is 4.79 Å². The van der Waals surface area contributed by atoms with Crippen LogP contribution in [0.1, 0.15) is 13.3 Å². The van der Waals surface area contributed by atoms with E-state index >= 15 is 0 Å². The van der Waals surface area contributed by atoms with Crippen LogP contribution in [0.4, 0.5) is 0 Å². The lowest BCUT2D eigenvalue weighted by Crippen LogP contribution is -2.50. The normalized spacial score (nSPS) is 19.8. The molecule has 1 aliphatic rings. The van der Waals surface area contributed by atoms with E-state index < -0.39 is 0 Å². The van der Waals surface area contributed by atoms with Gasteiger partial charge >= 0.3 is 0 Å². The van der Waals surface area contributed by atoms with Gasteiger partial charge in [0.25, 0.3) is 0 Å². The Morgan fingerprint density at radius 3 is 2.50 bits per heavy atom. The largest absolute Gasteiger partial charge is 0.392 e. The van der Waals surface area contributed by atoms with E-state index in [9.17, 15) is 9.90 Å². The molecule has 1 rings (SSSR count). The molecule has 5 heteroatoms. The van der Waals surface area contributed by atoms with Crippen molar-refractivity contribution in [2.45, 2.75) is 19.4 Å². The molecule has 0 aliphatic carbocycles. The zero-order valence-electron chi connectivity index (χ0n) is 10.2. The average Bonchev–Trinajstić information content (AvgIpc) is 2.26. The van der Waals surface area contributed by atoms with E-state index in [0.29, 0.717) is 13.0 Å². The molecule has 4 nitrogen and oxygen atoms in total. The van der Waals surface area contributed by atoms with Crippen molar-refractivity contribution in [1.82, 2.24) is 9.80 Å². The molecule has 1 atom stereocenters. The Kier molecular flexibility index (Phi) is 6.16. The molecule has 16 heavy (non-hydrogen) atoms. The summed E-state index contributed by atoms with van der Waals surface area (Å²) in [5, 5.41) is 9.27. The van der Waals surface area contributed by atoms with Gasteiger partial charge in [-0.05, 0) is 13.2 Å². The van der Waals surface area contributed by atoms with E-state index in [1.54, 1.807) is 18.7 Å². The molecule has 0 aromatic rings. The number of aliphatic hydroxyl groups is 1. The van der Waals surface area contributed by atoms with E-state index in [2.05, 4.69) is 4.90 Å². The summed E-state index contributed by atoms with van der Waals surface area (Å²) < 4.78 is 0. The van der Waals surface area contributed by atoms with Crippen LogP contribution in [-0.4, -0.2) is 71.6 Å². The van der Waals surface area contributed by atoms with Crippen LogP contribution in [0.2, 0.25) is 0 Å². The highest BCUT2D eigenvalue weighted by Crippen LogP contribution is 2.06. The van der Waals surface area contributed by atoms with Crippen LogP contribution in [0, 0.1) is 0 Å². The fraction of sp³-hybridized carbons (Fsp3) is 0.909. The van der Waals surface area contributed by atoms with Gasteiger partial charge in [-0.3, -0.25) is 9.69 Å². The van der Waals surface area contributed by atoms with Crippen LogP contribution >= 0.6 is 11.8 Å². The maximum absolute atomic E-state index is 11.7. The Morgan fingerprint density at radius 2 is 2.00 bits per heavy atom. The molecule has 0 bridgehead atoms. The number of aliphatic hydroxyl groups excluding tert-OH is 1. The minimum absolute atomic E-state index is 0.269. The van der Waals surface area contributed by atoms with Crippen LogP contribution in [0.15, 0.2) is 0 Å². The first-order valence-corrected chi connectivity index (χ1v) is 7.20. The number of hydrogen-bond acceptors (Lipinski definition) is 4. The van der Waals surface area contributed by atoms with Crippen LogP contribution in [0.25, 0.3) is 0 Å². The third-order valence-corrected chi connectivity index (χ3v) is 3.38. The fourth-order valence-corrected chi connectivity index (χ4v) is 2.28. The van der Waals surface area contributed by atoms with E-state index in [-0.39, 0.29) is 12.0 Å². The Labute approximate surface area is 102 Å². The van der Waals surface area contributed by atoms with E-state index in [0.717, 1.165) is 31.9 Å². The van der Waals surface area contributed by atoms with Gasteiger partial charge in [0, 0.05) is 44.9 Å². The van der Waals surface area contributed by atoms with Crippen molar-refractivity contribution in [2.24, 2.45) is 0 Å². The number of nitrogens with zero attached hydrogens (tertiary/aromatic N) is 2. The standard InChI is InChI=1S/C11H22N2O2S/c1-10(14)9-12-4-6-13(7-5-12)11(15)3-8-16-2/h10,14H,3-9H2,1-2H3/t10-/m0/s1. The molecule has 1 heterocycles. The lowest BCUT2D eigenvalue weighted by Gasteiger charge is -2.35. The number of carbonyl (C=O) groups excluding carboxylic acids is 1. The molecule has 0 unspecified atom stereocenters. The van der Waals surface area contributed by atoms with Gasteiger partial charge in [0.2, 0.25) is 5.91 Å². The summed E-state index contributed by atoms with van der Waals surface area (Å²) >= 11 is 1.71. The molecule has 1 fully saturated rings. The molecular weight excluding hydrogens is 224 g/mol. The second-order valence-corrected chi connectivity index (χ2v) is 5.26. The Balaban J connectivity index is 2.23. The van der Waals surface area contributed by atoms with Gasteiger partial charge in [0.15, 0.2) is 0 Å². The number of carbonyl (C=O) groups is 1. The lowest BCUT2D eigenvalue weighted by atomic mass is 10.2. The van der Waals surface area contributed by atoms with Crippen molar-refractivity contribution in [3.05, 3.63) is 0 Å². The zero-order valence-corrected chi connectivity index (χ0v) is 11.0. The Bertz CT molecular complexity index is 216.